The summed E-state index contributed by atoms with van der Waals surface area (Å²) < 4.78 is 11.9. The van der Waals surface area contributed by atoms with Crippen molar-refractivity contribution in [3.8, 4) is 5.75 Å². The summed E-state index contributed by atoms with van der Waals surface area (Å²) in [6.45, 7) is 5.99. The van der Waals surface area contributed by atoms with Gasteiger partial charge < -0.3 is 9.47 Å². The van der Waals surface area contributed by atoms with Gasteiger partial charge in [-0.15, -0.1) is 9.24 Å². The maximum absolute atomic E-state index is 6.03. The van der Waals surface area contributed by atoms with Crippen LogP contribution in [-0.2, 0) is 10.9 Å². The van der Waals surface area contributed by atoms with E-state index in [1.807, 2.05) is 0 Å². The second-order valence-electron chi connectivity index (χ2n) is 12.2. The van der Waals surface area contributed by atoms with E-state index in [0.717, 1.165) is 23.7 Å². The standard InChI is InChI=1S/C24H38O2.C10H13P/c1-20(19-24(2)15-7-4-8-16-24)25-17-18-26-23-13-11-22(12-14-23)21-9-5-3-6-10-21;11-7-8-1-3-9(4-2-8)10-5-6-10/h11-14,20-21H,3-10,15-19H2,1-2H3;1-4,10H,5-7,11H2. The highest BCUT2D eigenvalue weighted by Crippen LogP contribution is 2.41. The zero-order valence-electron chi connectivity index (χ0n) is 23.6. The fraction of sp³-hybridized carbons (Fsp3) is 0.647. The van der Waals surface area contributed by atoms with Crippen LogP contribution in [0.25, 0.3) is 0 Å². The van der Waals surface area contributed by atoms with Crippen LogP contribution < -0.4 is 4.74 Å². The topological polar surface area (TPSA) is 18.5 Å². The van der Waals surface area contributed by atoms with Crippen LogP contribution in [-0.4, -0.2) is 19.3 Å². The van der Waals surface area contributed by atoms with E-state index >= 15 is 0 Å². The van der Waals surface area contributed by atoms with Gasteiger partial charge in [0.15, 0.2) is 0 Å². The van der Waals surface area contributed by atoms with Crippen molar-refractivity contribution in [2.45, 2.75) is 121 Å². The molecule has 5 rings (SSSR count). The van der Waals surface area contributed by atoms with E-state index in [4.69, 9.17) is 9.47 Å². The van der Waals surface area contributed by atoms with E-state index in [9.17, 15) is 0 Å². The molecule has 2 nitrogen and oxygen atoms in total. The molecule has 2 unspecified atom stereocenters. The van der Waals surface area contributed by atoms with Gasteiger partial charge in [-0.3, -0.25) is 0 Å². The molecule has 0 bridgehead atoms. The first-order valence-electron chi connectivity index (χ1n) is 15.2. The molecule has 0 radical (unpaired) electrons. The van der Waals surface area contributed by atoms with Crippen molar-refractivity contribution in [1.82, 2.24) is 0 Å². The fourth-order valence-corrected chi connectivity index (χ4v) is 6.66. The number of ether oxygens (including phenoxy) is 2. The summed E-state index contributed by atoms with van der Waals surface area (Å²) in [7, 11) is 2.75. The zero-order valence-corrected chi connectivity index (χ0v) is 24.7. The Morgan fingerprint density at radius 2 is 1.32 bits per heavy atom. The molecule has 0 N–H and O–H groups in total. The third-order valence-electron chi connectivity index (χ3n) is 8.82. The van der Waals surface area contributed by atoms with Crippen LogP contribution in [0.5, 0.6) is 5.75 Å². The maximum atomic E-state index is 6.03. The molecule has 0 aliphatic heterocycles. The highest BCUT2D eigenvalue weighted by Gasteiger charge is 2.28. The van der Waals surface area contributed by atoms with Crippen molar-refractivity contribution >= 4 is 9.24 Å². The van der Waals surface area contributed by atoms with Crippen molar-refractivity contribution in [1.29, 1.82) is 0 Å². The summed E-state index contributed by atoms with van der Waals surface area (Å²) in [5.74, 6) is 2.64. The SMILES string of the molecule is CC(CC1(C)CCCCC1)OCCOc1ccc(C2CCCCC2)cc1.PCc1ccc(C2CC2)cc1. The second kappa shape index (κ2) is 14.7. The molecule has 0 saturated heterocycles. The predicted octanol–water partition coefficient (Wildman–Crippen LogP) is 9.82. The highest BCUT2D eigenvalue weighted by atomic mass is 31.0. The first-order valence-corrected chi connectivity index (χ1v) is 16.0. The van der Waals surface area contributed by atoms with Gasteiger partial charge in [-0.1, -0.05) is 81.8 Å². The smallest absolute Gasteiger partial charge is 0.119 e. The van der Waals surface area contributed by atoms with E-state index in [2.05, 4.69) is 71.6 Å². The zero-order chi connectivity index (χ0) is 25.9. The van der Waals surface area contributed by atoms with Gasteiger partial charge in [-0.25, -0.2) is 0 Å². The molecule has 3 aliphatic carbocycles. The summed E-state index contributed by atoms with van der Waals surface area (Å²) in [6, 6.07) is 17.8. The third kappa shape index (κ3) is 9.71. The van der Waals surface area contributed by atoms with Crippen molar-refractivity contribution in [3.63, 3.8) is 0 Å². The van der Waals surface area contributed by atoms with E-state index in [-0.39, 0.29) is 0 Å². The van der Waals surface area contributed by atoms with Crippen molar-refractivity contribution < 1.29 is 9.47 Å². The van der Waals surface area contributed by atoms with Gasteiger partial charge in [-0.05, 0) is 104 Å². The minimum atomic E-state index is 0.329. The van der Waals surface area contributed by atoms with Gasteiger partial charge in [0.05, 0.1) is 12.7 Å². The Hall–Kier alpha value is -1.37. The number of benzene rings is 2. The van der Waals surface area contributed by atoms with Crippen molar-refractivity contribution in [2.75, 3.05) is 13.2 Å². The average Bonchev–Trinajstić information content (AvgIpc) is 3.78. The lowest BCUT2D eigenvalue weighted by Gasteiger charge is -2.35. The lowest BCUT2D eigenvalue weighted by Crippen LogP contribution is -2.27. The van der Waals surface area contributed by atoms with Gasteiger partial charge in [-0.2, -0.15) is 0 Å². The quantitative estimate of drug-likeness (QED) is 0.228. The highest BCUT2D eigenvalue weighted by molar-refractivity contribution is 7.15. The monoisotopic (exact) mass is 522 g/mol. The maximum Gasteiger partial charge on any atom is 0.119 e. The first-order chi connectivity index (χ1) is 18.0. The van der Waals surface area contributed by atoms with Crippen LogP contribution in [0.3, 0.4) is 0 Å². The predicted molar refractivity (Wildman–Crippen MR) is 161 cm³/mol. The van der Waals surface area contributed by atoms with Crippen LogP contribution in [0, 0.1) is 5.41 Å². The van der Waals surface area contributed by atoms with Crippen molar-refractivity contribution in [3.05, 3.63) is 65.2 Å². The molecule has 0 aromatic heterocycles. The van der Waals surface area contributed by atoms with Gasteiger partial charge >= 0.3 is 0 Å². The minimum absolute atomic E-state index is 0.329. The molecule has 0 heterocycles. The van der Waals surface area contributed by atoms with E-state index in [1.165, 1.54) is 100 Å². The molecule has 2 aromatic carbocycles. The van der Waals surface area contributed by atoms with Gasteiger partial charge in [0, 0.05) is 0 Å². The Labute approximate surface area is 229 Å². The first kappa shape index (κ1) is 28.6. The molecule has 204 valence electrons. The van der Waals surface area contributed by atoms with Gasteiger partial charge in [0.1, 0.15) is 12.4 Å². The Kier molecular flexibility index (Phi) is 11.4. The molecule has 3 heteroatoms. The normalized spacial score (nSPS) is 20.5. The Balaban J connectivity index is 0.000000241. The van der Waals surface area contributed by atoms with Crippen LogP contribution in [0.1, 0.15) is 126 Å². The minimum Gasteiger partial charge on any atom is -0.491 e. The Bertz CT molecular complexity index is 890. The van der Waals surface area contributed by atoms with Crippen LogP contribution in [0.2, 0.25) is 0 Å². The molecule has 37 heavy (non-hydrogen) atoms. The summed E-state index contributed by atoms with van der Waals surface area (Å²) in [5.41, 5.74) is 4.93. The van der Waals surface area contributed by atoms with Gasteiger partial charge in [0.2, 0.25) is 0 Å². The van der Waals surface area contributed by atoms with E-state index in [1.54, 1.807) is 0 Å². The molecule has 2 atom stereocenters. The van der Waals surface area contributed by atoms with Crippen molar-refractivity contribution in [2.24, 2.45) is 5.41 Å². The lowest BCUT2D eigenvalue weighted by atomic mass is 9.72. The Morgan fingerprint density at radius 1 is 0.757 bits per heavy atom. The molecule has 0 spiro atoms. The fourth-order valence-electron chi connectivity index (χ4n) is 6.39. The molecule has 3 fully saturated rings. The summed E-state index contributed by atoms with van der Waals surface area (Å²) in [6.07, 6.45) is 19.2. The molecule has 3 saturated carbocycles. The van der Waals surface area contributed by atoms with Crippen LogP contribution in [0.4, 0.5) is 0 Å². The number of hydrogen-bond acceptors (Lipinski definition) is 2. The molecule has 3 aliphatic rings. The number of rotatable bonds is 10. The molecule has 0 amide bonds. The summed E-state index contributed by atoms with van der Waals surface area (Å²) in [4.78, 5) is 0. The summed E-state index contributed by atoms with van der Waals surface area (Å²) >= 11 is 0. The van der Waals surface area contributed by atoms with E-state index in [0.29, 0.717) is 24.7 Å². The Morgan fingerprint density at radius 3 is 1.92 bits per heavy atom. The largest absolute Gasteiger partial charge is 0.491 e. The van der Waals surface area contributed by atoms with Crippen LogP contribution >= 0.6 is 9.24 Å². The molecular formula is C34H51O2P. The third-order valence-corrected chi connectivity index (χ3v) is 9.29. The van der Waals surface area contributed by atoms with E-state index < -0.39 is 0 Å². The molecular weight excluding hydrogens is 471 g/mol. The molecule has 2 aromatic rings. The number of hydrogen-bond donors (Lipinski definition) is 0. The second-order valence-corrected chi connectivity index (χ2v) is 12.6. The van der Waals surface area contributed by atoms with Crippen LogP contribution in [0.15, 0.2) is 48.5 Å². The lowest BCUT2D eigenvalue weighted by molar-refractivity contribution is 0.00776. The van der Waals surface area contributed by atoms with Gasteiger partial charge in [0.25, 0.3) is 0 Å². The average molecular weight is 523 g/mol. The summed E-state index contributed by atoms with van der Waals surface area (Å²) in [5, 5.41) is 0.